The Morgan fingerprint density at radius 1 is 1.19 bits per heavy atom. The summed E-state index contributed by atoms with van der Waals surface area (Å²) in [5.74, 6) is 0.839. The minimum Gasteiger partial charge on any atom is -0.352 e. The van der Waals surface area contributed by atoms with Crippen LogP contribution in [0.25, 0.3) is 5.69 Å². The zero-order valence-electron chi connectivity index (χ0n) is 17.9. The molecule has 0 saturated carbocycles. The van der Waals surface area contributed by atoms with Gasteiger partial charge in [0.2, 0.25) is 5.95 Å². The average Bonchev–Trinajstić information content (AvgIpc) is 3.27. The topological polar surface area (TPSA) is 88.8 Å². The van der Waals surface area contributed by atoms with E-state index >= 15 is 0 Å². The van der Waals surface area contributed by atoms with E-state index in [-0.39, 0.29) is 11.9 Å². The molecule has 31 heavy (non-hydrogen) atoms. The zero-order chi connectivity index (χ0) is 22.0. The Kier molecular flexibility index (Phi) is 6.18. The van der Waals surface area contributed by atoms with Gasteiger partial charge < -0.3 is 10.2 Å². The van der Waals surface area contributed by atoms with Gasteiger partial charge in [-0.1, -0.05) is 24.6 Å². The SMILES string of the molecule is Cc1cc(C)c(-n2nccn2)c(C(=O)N2CCC[C@@H](C)[C@H]2CNc2ncc(Cl)cn2)c1. The molecule has 1 saturated heterocycles. The van der Waals surface area contributed by atoms with E-state index in [4.69, 9.17) is 11.6 Å². The number of rotatable bonds is 5. The standard InChI is InChI=1S/C22H26ClN7O/c1-14-9-16(3)20(30-27-6-7-28-30)18(10-14)21(31)29-8-4-5-15(2)19(29)13-26-22-24-11-17(23)12-25-22/h6-7,9-12,15,19H,4-5,8,13H2,1-3H3,(H,24,25,26)/t15-,19-/m1/s1. The third-order valence-electron chi connectivity index (χ3n) is 5.76. The lowest BCUT2D eigenvalue weighted by molar-refractivity contribution is 0.0539. The van der Waals surface area contributed by atoms with Crippen LogP contribution in [-0.4, -0.2) is 54.9 Å². The number of aromatic nitrogens is 5. The average molecular weight is 440 g/mol. The first kappa shape index (κ1) is 21.2. The van der Waals surface area contributed by atoms with Crippen molar-refractivity contribution in [2.75, 3.05) is 18.4 Å². The summed E-state index contributed by atoms with van der Waals surface area (Å²) >= 11 is 5.88. The number of aryl methyl sites for hydroxylation is 2. The number of piperidine rings is 1. The molecule has 0 aliphatic carbocycles. The van der Waals surface area contributed by atoms with E-state index in [9.17, 15) is 4.79 Å². The molecule has 1 amide bonds. The van der Waals surface area contributed by atoms with Crippen molar-refractivity contribution in [1.82, 2.24) is 29.9 Å². The number of hydrogen-bond donors (Lipinski definition) is 1. The van der Waals surface area contributed by atoms with E-state index in [2.05, 4.69) is 32.4 Å². The fourth-order valence-electron chi connectivity index (χ4n) is 4.29. The Bertz CT molecular complexity index is 1050. The monoisotopic (exact) mass is 439 g/mol. The van der Waals surface area contributed by atoms with E-state index < -0.39 is 0 Å². The van der Waals surface area contributed by atoms with Gasteiger partial charge in [-0.15, -0.1) is 0 Å². The fraction of sp³-hybridized carbons (Fsp3) is 0.409. The quantitative estimate of drug-likeness (QED) is 0.652. The number of anilines is 1. The number of benzene rings is 1. The summed E-state index contributed by atoms with van der Waals surface area (Å²) in [5, 5.41) is 12.3. The van der Waals surface area contributed by atoms with E-state index in [0.717, 1.165) is 29.7 Å². The Labute approximate surface area is 186 Å². The smallest absolute Gasteiger partial charge is 0.256 e. The third kappa shape index (κ3) is 4.54. The van der Waals surface area contributed by atoms with E-state index in [1.54, 1.807) is 24.8 Å². The first-order valence-electron chi connectivity index (χ1n) is 10.4. The molecule has 8 nitrogen and oxygen atoms in total. The summed E-state index contributed by atoms with van der Waals surface area (Å²) in [6, 6.07) is 3.99. The Hall–Kier alpha value is -3.00. The number of likely N-dealkylation sites (tertiary alicyclic amines) is 1. The zero-order valence-corrected chi connectivity index (χ0v) is 18.7. The minimum atomic E-state index is -0.00512. The number of carbonyl (C=O) groups excluding carboxylic acids is 1. The molecule has 3 aromatic rings. The van der Waals surface area contributed by atoms with Crippen LogP contribution >= 0.6 is 11.6 Å². The third-order valence-corrected chi connectivity index (χ3v) is 5.96. The summed E-state index contributed by atoms with van der Waals surface area (Å²) in [6.07, 6.45) is 8.40. The molecule has 4 rings (SSSR count). The Morgan fingerprint density at radius 2 is 1.90 bits per heavy atom. The number of nitrogens with one attached hydrogen (secondary N) is 1. The van der Waals surface area contributed by atoms with Crippen molar-refractivity contribution in [3.8, 4) is 5.69 Å². The van der Waals surface area contributed by atoms with E-state index in [1.807, 2.05) is 30.9 Å². The fourth-order valence-corrected chi connectivity index (χ4v) is 4.38. The summed E-state index contributed by atoms with van der Waals surface area (Å²) in [6.45, 7) is 7.44. The molecular formula is C22H26ClN7O. The van der Waals surface area contributed by atoms with Crippen LogP contribution in [0.4, 0.5) is 5.95 Å². The second-order valence-electron chi connectivity index (χ2n) is 8.09. The van der Waals surface area contributed by atoms with Gasteiger partial charge in [-0.3, -0.25) is 4.79 Å². The van der Waals surface area contributed by atoms with Crippen molar-refractivity contribution in [2.45, 2.75) is 39.7 Å². The molecule has 1 aliphatic rings. The van der Waals surface area contributed by atoms with Gasteiger partial charge in [-0.2, -0.15) is 15.0 Å². The molecule has 0 bridgehead atoms. The second-order valence-corrected chi connectivity index (χ2v) is 8.52. The van der Waals surface area contributed by atoms with Crippen molar-refractivity contribution >= 4 is 23.5 Å². The van der Waals surface area contributed by atoms with Gasteiger partial charge in [0, 0.05) is 13.1 Å². The van der Waals surface area contributed by atoms with Gasteiger partial charge in [0.1, 0.15) is 5.69 Å². The first-order valence-corrected chi connectivity index (χ1v) is 10.8. The highest BCUT2D eigenvalue weighted by Gasteiger charge is 2.34. The molecular weight excluding hydrogens is 414 g/mol. The van der Waals surface area contributed by atoms with Gasteiger partial charge >= 0.3 is 0 Å². The van der Waals surface area contributed by atoms with Crippen LogP contribution in [0.5, 0.6) is 0 Å². The van der Waals surface area contributed by atoms with Crippen molar-refractivity contribution in [3.05, 3.63) is 58.6 Å². The molecule has 0 radical (unpaired) electrons. The number of hydrogen-bond acceptors (Lipinski definition) is 6. The van der Waals surface area contributed by atoms with Crippen molar-refractivity contribution in [2.24, 2.45) is 5.92 Å². The van der Waals surface area contributed by atoms with Crippen LogP contribution in [-0.2, 0) is 0 Å². The van der Waals surface area contributed by atoms with Crippen molar-refractivity contribution in [3.63, 3.8) is 0 Å². The maximum absolute atomic E-state index is 13.8. The molecule has 1 N–H and O–H groups in total. The molecule has 9 heteroatoms. The lowest BCUT2D eigenvalue weighted by atomic mass is 9.89. The highest BCUT2D eigenvalue weighted by Crippen LogP contribution is 2.28. The minimum absolute atomic E-state index is 0.00512. The number of nitrogens with zero attached hydrogens (tertiary/aromatic N) is 6. The lowest BCUT2D eigenvalue weighted by Gasteiger charge is -2.40. The largest absolute Gasteiger partial charge is 0.352 e. The molecule has 0 unspecified atom stereocenters. The lowest BCUT2D eigenvalue weighted by Crippen LogP contribution is -2.51. The normalized spacial score (nSPS) is 18.8. The second kappa shape index (κ2) is 9.01. The first-order chi connectivity index (χ1) is 14.9. The van der Waals surface area contributed by atoms with Crippen LogP contribution in [0.1, 0.15) is 41.3 Å². The van der Waals surface area contributed by atoms with Crippen molar-refractivity contribution < 1.29 is 4.79 Å². The molecule has 3 heterocycles. The van der Waals surface area contributed by atoms with Crippen LogP contribution in [0.3, 0.4) is 0 Å². The molecule has 2 atom stereocenters. The molecule has 1 aromatic carbocycles. The van der Waals surface area contributed by atoms with E-state index in [1.165, 1.54) is 4.80 Å². The van der Waals surface area contributed by atoms with Crippen LogP contribution < -0.4 is 5.32 Å². The van der Waals surface area contributed by atoms with Gasteiger partial charge in [-0.05, 0) is 49.8 Å². The van der Waals surface area contributed by atoms with Crippen molar-refractivity contribution in [1.29, 1.82) is 0 Å². The van der Waals surface area contributed by atoms with Crippen LogP contribution in [0.15, 0.2) is 36.9 Å². The molecule has 1 fully saturated rings. The van der Waals surface area contributed by atoms with Gasteiger partial charge in [-0.25, -0.2) is 9.97 Å². The predicted octanol–water partition coefficient (Wildman–Crippen LogP) is 3.68. The predicted molar refractivity (Wildman–Crippen MR) is 120 cm³/mol. The van der Waals surface area contributed by atoms with Gasteiger partial charge in [0.25, 0.3) is 5.91 Å². The molecule has 1 aliphatic heterocycles. The van der Waals surface area contributed by atoms with Crippen LogP contribution in [0, 0.1) is 19.8 Å². The highest BCUT2D eigenvalue weighted by molar-refractivity contribution is 6.30. The van der Waals surface area contributed by atoms with Gasteiger partial charge in [0.05, 0.1) is 41.4 Å². The number of amides is 1. The summed E-state index contributed by atoms with van der Waals surface area (Å²) in [7, 11) is 0. The Balaban J connectivity index is 1.63. The highest BCUT2D eigenvalue weighted by atomic mass is 35.5. The number of carbonyl (C=O) groups is 1. The summed E-state index contributed by atoms with van der Waals surface area (Å²) in [4.78, 5) is 25.7. The van der Waals surface area contributed by atoms with Gasteiger partial charge in [0.15, 0.2) is 0 Å². The number of halogens is 1. The Morgan fingerprint density at radius 3 is 2.61 bits per heavy atom. The summed E-state index contributed by atoms with van der Waals surface area (Å²) in [5.41, 5.74) is 3.35. The molecule has 2 aromatic heterocycles. The maximum Gasteiger partial charge on any atom is 0.256 e. The summed E-state index contributed by atoms with van der Waals surface area (Å²) < 4.78 is 0. The van der Waals surface area contributed by atoms with Crippen LogP contribution in [0.2, 0.25) is 5.02 Å². The molecule has 162 valence electrons. The maximum atomic E-state index is 13.8. The van der Waals surface area contributed by atoms with E-state index in [0.29, 0.717) is 35.5 Å². The molecule has 0 spiro atoms.